The third-order valence-corrected chi connectivity index (χ3v) is 3.10. The Morgan fingerprint density at radius 3 is 3.10 bits per heavy atom. The average molecular weight is 277 g/mol. The smallest absolute Gasteiger partial charge is 0.349 e. The number of ether oxygens (including phenoxy) is 1. The van der Waals surface area contributed by atoms with E-state index in [0.29, 0.717) is 24.6 Å². The molecule has 2 heterocycles. The summed E-state index contributed by atoms with van der Waals surface area (Å²) in [6, 6.07) is 0. The molecule has 2 atom stereocenters. The average Bonchev–Trinajstić information content (AvgIpc) is 2.84. The van der Waals surface area contributed by atoms with Gasteiger partial charge in [-0.1, -0.05) is 6.92 Å². The number of rotatable bonds is 4. The van der Waals surface area contributed by atoms with Crippen molar-refractivity contribution in [3.63, 3.8) is 0 Å². The second-order valence-electron chi connectivity index (χ2n) is 4.93. The fourth-order valence-electron chi connectivity index (χ4n) is 2.09. The highest BCUT2D eigenvalue weighted by molar-refractivity contribution is 5.91. The lowest BCUT2D eigenvalue weighted by atomic mass is 10.1. The molecular weight excluding hydrogens is 258 g/mol. The SMILES string of the molecule is CCNC(=O)/C=C/c1cnc(=O)n([C@H]2CC(C)CO2)c1. The van der Waals surface area contributed by atoms with Gasteiger partial charge in [0.15, 0.2) is 0 Å². The molecule has 1 fully saturated rings. The Labute approximate surface area is 117 Å². The second-order valence-corrected chi connectivity index (χ2v) is 4.93. The van der Waals surface area contributed by atoms with E-state index in [9.17, 15) is 9.59 Å². The molecular formula is C14H19N3O3. The lowest BCUT2D eigenvalue weighted by Crippen LogP contribution is -2.26. The van der Waals surface area contributed by atoms with Crippen molar-refractivity contribution in [2.75, 3.05) is 13.2 Å². The summed E-state index contributed by atoms with van der Waals surface area (Å²) in [7, 11) is 0. The summed E-state index contributed by atoms with van der Waals surface area (Å²) in [6.07, 6.45) is 6.72. The predicted molar refractivity (Wildman–Crippen MR) is 75.0 cm³/mol. The van der Waals surface area contributed by atoms with E-state index in [1.807, 2.05) is 6.92 Å². The molecule has 0 spiro atoms. The standard InChI is InChI=1S/C14H19N3O3/c1-3-15-12(18)5-4-11-7-16-14(19)17(8-11)13-6-10(2)9-20-13/h4-5,7-8,10,13H,3,6,9H2,1-2H3,(H,15,18)/b5-4+/t10?,13-/m1/s1. The van der Waals surface area contributed by atoms with Crippen molar-refractivity contribution in [3.8, 4) is 0 Å². The molecule has 0 bridgehead atoms. The van der Waals surface area contributed by atoms with Gasteiger partial charge in [0.25, 0.3) is 0 Å². The van der Waals surface area contributed by atoms with E-state index in [0.717, 1.165) is 6.42 Å². The minimum Gasteiger partial charge on any atom is -0.358 e. The van der Waals surface area contributed by atoms with Gasteiger partial charge < -0.3 is 10.1 Å². The van der Waals surface area contributed by atoms with Crippen molar-refractivity contribution in [2.24, 2.45) is 5.92 Å². The van der Waals surface area contributed by atoms with Crippen molar-refractivity contribution in [3.05, 3.63) is 34.5 Å². The zero-order valence-electron chi connectivity index (χ0n) is 11.7. The van der Waals surface area contributed by atoms with E-state index < -0.39 is 0 Å². The van der Waals surface area contributed by atoms with Gasteiger partial charge in [-0.2, -0.15) is 0 Å². The number of carbonyl (C=O) groups excluding carboxylic acids is 1. The Kier molecular flexibility index (Phi) is 4.68. The highest BCUT2D eigenvalue weighted by Gasteiger charge is 2.24. The quantitative estimate of drug-likeness (QED) is 0.832. The number of hydrogen-bond acceptors (Lipinski definition) is 4. The Hall–Kier alpha value is -1.95. The Balaban J connectivity index is 2.16. The topological polar surface area (TPSA) is 73.2 Å². The van der Waals surface area contributed by atoms with E-state index in [1.54, 1.807) is 12.3 Å². The van der Waals surface area contributed by atoms with Gasteiger partial charge in [-0.25, -0.2) is 9.78 Å². The van der Waals surface area contributed by atoms with Gasteiger partial charge in [0, 0.05) is 30.6 Å². The zero-order chi connectivity index (χ0) is 14.5. The normalized spacial score (nSPS) is 22.3. The van der Waals surface area contributed by atoms with Gasteiger partial charge in [0.05, 0.1) is 6.61 Å². The fourth-order valence-corrected chi connectivity index (χ4v) is 2.09. The minimum atomic E-state index is -0.334. The molecule has 1 saturated heterocycles. The molecule has 1 aliphatic rings. The number of likely N-dealkylation sites (N-methyl/N-ethyl adjacent to an activating group) is 1. The minimum absolute atomic E-state index is 0.170. The Morgan fingerprint density at radius 1 is 1.65 bits per heavy atom. The highest BCUT2D eigenvalue weighted by Crippen LogP contribution is 2.26. The van der Waals surface area contributed by atoms with E-state index in [2.05, 4.69) is 17.2 Å². The molecule has 1 aliphatic heterocycles. The molecule has 20 heavy (non-hydrogen) atoms. The molecule has 1 aromatic rings. The monoisotopic (exact) mass is 277 g/mol. The number of aromatic nitrogens is 2. The fraction of sp³-hybridized carbons (Fsp3) is 0.500. The second kappa shape index (κ2) is 6.47. The molecule has 0 aromatic carbocycles. The van der Waals surface area contributed by atoms with Crippen LogP contribution in [0, 0.1) is 5.92 Å². The first-order valence-corrected chi connectivity index (χ1v) is 6.76. The van der Waals surface area contributed by atoms with Crippen molar-refractivity contribution in [2.45, 2.75) is 26.5 Å². The Bertz CT molecular complexity index is 565. The van der Waals surface area contributed by atoms with Crippen LogP contribution in [0.5, 0.6) is 0 Å². The maximum Gasteiger partial charge on any atom is 0.349 e. The molecule has 0 saturated carbocycles. The molecule has 6 heteroatoms. The van der Waals surface area contributed by atoms with Crippen LogP contribution in [0.15, 0.2) is 23.3 Å². The summed E-state index contributed by atoms with van der Waals surface area (Å²) >= 11 is 0. The predicted octanol–water partition coefficient (Wildman–Crippen LogP) is 0.948. The number of carbonyl (C=O) groups is 1. The highest BCUT2D eigenvalue weighted by atomic mass is 16.5. The van der Waals surface area contributed by atoms with Crippen LogP contribution in [0.25, 0.3) is 6.08 Å². The lowest BCUT2D eigenvalue weighted by Gasteiger charge is -2.12. The molecule has 1 N–H and O–H groups in total. The van der Waals surface area contributed by atoms with Crippen LogP contribution in [-0.2, 0) is 9.53 Å². The molecule has 1 aromatic heterocycles. The van der Waals surface area contributed by atoms with Crippen molar-refractivity contribution in [1.29, 1.82) is 0 Å². The summed E-state index contributed by atoms with van der Waals surface area (Å²) in [5.74, 6) is 0.261. The van der Waals surface area contributed by atoms with Crippen molar-refractivity contribution in [1.82, 2.24) is 14.9 Å². The van der Waals surface area contributed by atoms with Gasteiger partial charge in [-0.05, 0) is 25.3 Å². The number of amides is 1. The van der Waals surface area contributed by atoms with Gasteiger partial charge >= 0.3 is 5.69 Å². The molecule has 2 rings (SSSR count). The summed E-state index contributed by atoms with van der Waals surface area (Å²) < 4.78 is 7.06. The van der Waals surface area contributed by atoms with Gasteiger partial charge in [0.2, 0.25) is 5.91 Å². The first-order chi connectivity index (χ1) is 9.60. The van der Waals surface area contributed by atoms with Crippen LogP contribution in [0.3, 0.4) is 0 Å². The van der Waals surface area contributed by atoms with Crippen LogP contribution >= 0.6 is 0 Å². The van der Waals surface area contributed by atoms with Crippen LogP contribution in [0.1, 0.15) is 32.1 Å². The van der Waals surface area contributed by atoms with Gasteiger partial charge in [0.1, 0.15) is 6.23 Å². The van der Waals surface area contributed by atoms with E-state index >= 15 is 0 Å². The van der Waals surface area contributed by atoms with E-state index in [4.69, 9.17) is 4.74 Å². The first-order valence-electron chi connectivity index (χ1n) is 6.76. The largest absolute Gasteiger partial charge is 0.358 e. The number of hydrogen-bond donors (Lipinski definition) is 1. The van der Waals surface area contributed by atoms with Gasteiger partial charge in [-0.15, -0.1) is 0 Å². The van der Waals surface area contributed by atoms with E-state index in [1.165, 1.54) is 16.8 Å². The number of nitrogens with zero attached hydrogens (tertiary/aromatic N) is 2. The summed E-state index contributed by atoms with van der Waals surface area (Å²) in [6.45, 7) is 5.16. The van der Waals surface area contributed by atoms with Crippen LogP contribution in [0.2, 0.25) is 0 Å². The first kappa shape index (κ1) is 14.5. The van der Waals surface area contributed by atoms with Crippen molar-refractivity contribution >= 4 is 12.0 Å². The van der Waals surface area contributed by atoms with Crippen molar-refractivity contribution < 1.29 is 9.53 Å². The van der Waals surface area contributed by atoms with Crippen LogP contribution < -0.4 is 11.0 Å². The lowest BCUT2D eigenvalue weighted by molar-refractivity contribution is -0.116. The van der Waals surface area contributed by atoms with Crippen LogP contribution in [-0.4, -0.2) is 28.6 Å². The molecule has 6 nitrogen and oxygen atoms in total. The summed E-state index contributed by atoms with van der Waals surface area (Å²) in [4.78, 5) is 26.9. The van der Waals surface area contributed by atoms with Crippen LogP contribution in [0.4, 0.5) is 0 Å². The Morgan fingerprint density at radius 2 is 2.45 bits per heavy atom. The summed E-state index contributed by atoms with van der Waals surface area (Å²) in [5, 5.41) is 2.66. The molecule has 0 aliphatic carbocycles. The zero-order valence-corrected chi connectivity index (χ0v) is 11.7. The maximum atomic E-state index is 11.8. The van der Waals surface area contributed by atoms with E-state index in [-0.39, 0.29) is 17.8 Å². The summed E-state index contributed by atoms with van der Waals surface area (Å²) in [5.41, 5.74) is 0.360. The third-order valence-electron chi connectivity index (χ3n) is 3.10. The number of nitrogens with one attached hydrogen (secondary N) is 1. The maximum absolute atomic E-state index is 11.8. The van der Waals surface area contributed by atoms with Gasteiger partial charge in [-0.3, -0.25) is 9.36 Å². The molecule has 108 valence electrons. The molecule has 1 unspecified atom stereocenters. The third kappa shape index (κ3) is 3.54. The molecule has 1 amide bonds. The molecule has 0 radical (unpaired) electrons.